The number of aromatic nitrogens is 1. The van der Waals surface area contributed by atoms with E-state index in [-0.39, 0.29) is 17.0 Å². The first kappa shape index (κ1) is 12.9. The minimum atomic E-state index is -3.13. The Balaban J connectivity index is 0. The van der Waals surface area contributed by atoms with Crippen LogP contribution in [-0.2, 0) is 4.57 Å². The summed E-state index contributed by atoms with van der Waals surface area (Å²) in [5, 5.41) is 1.93. The van der Waals surface area contributed by atoms with Gasteiger partial charge in [0.2, 0.25) is 0 Å². The highest BCUT2D eigenvalue weighted by molar-refractivity contribution is 8.93. The van der Waals surface area contributed by atoms with Gasteiger partial charge in [0.25, 0.3) is 0 Å². The second kappa shape index (κ2) is 9.26. The summed E-state index contributed by atoms with van der Waals surface area (Å²) in [6.07, 6.45) is 1.77. The van der Waals surface area contributed by atoms with Crippen molar-refractivity contribution in [1.29, 1.82) is 0 Å². The van der Waals surface area contributed by atoms with Gasteiger partial charge in [0.1, 0.15) is 0 Å². The van der Waals surface area contributed by atoms with Crippen molar-refractivity contribution in [3.05, 3.63) is 17.1 Å². The third-order valence-corrected chi connectivity index (χ3v) is 0.869. The van der Waals surface area contributed by atoms with Gasteiger partial charge in [-0.25, -0.2) is 0 Å². The quantitative estimate of drug-likeness (QED) is 0.674. The topological polar surface area (TPSA) is 70.4 Å². The lowest BCUT2D eigenvalue weighted by Crippen LogP contribution is -1.38. The summed E-state index contributed by atoms with van der Waals surface area (Å²) in [6.45, 7) is 0. The fourth-order valence-electron chi connectivity index (χ4n) is 0.176. The monoisotopic (exact) mass is 247 g/mol. The van der Waals surface area contributed by atoms with Crippen molar-refractivity contribution < 1.29 is 14.4 Å². The van der Waals surface area contributed by atoms with Crippen molar-refractivity contribution in [3.8, 4) is 0 Å². The number of hydrogen-bond donors (Lipinski definition) is 2. The lowest BCUT2D eigenvalue weighted by molar-refractivity contribution is 0.405. The molecule has 0 aliphatic heterocycles. The Morgan fingerprint density at radius 1 is 1.50 bits per heavy atom. The zero-order valence-corrected chi connectivity index (χ0v) is 8.33. The van der Waals surface area contributed by atoms with E-state index in [4.69, 9.17) is 14.4 Å². The van der Waals surface area contributed by atoms with E-state index in [1.54, 1.807) is 23.0 Å². The molecule has 0 aliphatic rings. The third kappa shape index (κ3) is 15.7. The second-order valence-electron chi connectivity index (χ2n) is 0.958. The van der Waals surface area contributed by atoms with Crippen LogP contribution in [0.1, 0.15) is 0 Å². The molecule has 0 saturated heterocycles. The van der Waals surface area contributed by atoms with Crippen LogP contribution in [0.2, 0.25) is 0 Å². The van der Waals surface area contributed by atoms with Gasteiger partial charge >= 0.3 is 8.25 Å². The molecule has 0 spiro atoms. The van der Waals surface area contributed by atoms with Gasteiger partial charge in [-0.3, -0.25) is 9.55 Å². The molecule has 0 amide bonds. The second-order valence-corrected chi connectivity index (χ2v) is 2.28. The van der Waals surface area contributed by atoms with E-state index in [0.717, 1.165) is 0 Å². The molecule has 4 nitrogen and oxygen atoms in total. The average molecular weight is 248 g/mol. The van der Waals surface area contributed by atoms with Gasteiger partial charge in [-0.2, -0.15) is 0 Å². The van der Waals surface area contributed by atoms with Crippen molar-refractivity contribution >= 4 is 36.6 Å². The van der Waals surface area contributed by atoms with Gasteiger partial charge < -0.3 is 9.79 Å². The molecular formula is C3H7BrNO3PS. The number of nitrogens with zero attached hydrogens (tertiary/aromatic N) is 1. The molecule has 1 aromatic heterocycles. The minimum absolute atomic E-state index is 0. The van der Waals surface area contributed by atoms with Crippen LogP contribution in [-0.4, -0.2) is 14.8 Å². The van der Waals surface area contributed by atoms with E-state index in [1.165, 1.54) is 0 Å². The van der Waals surface area contributed by atoms with Crippen LogP contribution in [0.3, 0.4) is 0 Å². The van der Waals surface area contributed by atoms with Crippen LogP contribution in [0.15, 0.2) is 17.1 Å². The Kier molecular flexibility index (Phi) is 11.9. The molecule has 0 bridgehead atoms. The lowest BCUT2D eigenvalue weighted by atomic mass is 11.0. The summed E-state index contributed by atoms with van der Waals surface area (Å²) in [6, 6.07) is 0. The Bertz CT molecular complexity index is 138. The van der Waals surface area contributed by atoms with Gasteiger partial charge in [0, 0.05) is 11.6 Å². The highest BCUT2D eigenvalue weighted by atomic mass is 79.9. The Morgan fingerprint density at radius 3 is 2.10 bits per heavy atom. The summed E-state index contributed by atoms with van der Waals surface area (Å²) in [4.78, 5) is 18.1. The fourth-order valence-corrected chi connectivity index (χ4v) is 0.527. The van der Waals surface area contributed by atoms with E-state index < -0.39 is 8.25 Å². The standard InChI is InChI=1S/C3H3NS.BrH.H3O3P/c1-2-5-3-4-1;;1-4(2)3/h1-3H;1H;4H,(H2,1,2,3). The number of rotatable bonds is 0. The summed E-state index contributed by atoms with van der Waals surface area (Å²) < 4.78 is 8.74. The molecule has 0 fully saturated rings. The van der Waals surface area contributed by atoms with Crippen LogP contribution in [0.5, 0.6) is 0 Å². The van der Waals surface area contributed by atoms with Gasteiger partial charge in [0.15, 0.2) is 0 Å². The van der Waals surface area contributed by atoms with Gasteiger partial charge in [-0.05, 0) is 0 Å². The molecule has 0 radical (unpaired) electrons. The maximum Gasteiger partial charge on any atom is 0.314 e. The first-order valence-electron chi connectivity index (χ1n) is 1.97. The van der Waals surface area contributed by atoms with E-state index in [1.807, 2.05) is 5.38 Å². The van der Waals surface area contributed by atoms with Crippen molar-refractivity contribution in [1.82, 2.24) is 4.98 Å². The molecule has 0 aromatic carbocycles. The molecule has 2 N–H and O–H groups in total. The summed E-state index contributed by atoms with van der Waals surface area (Å²) >= 11 is 1.60. The SMILES string of the molecule is Br.O=[PH](O)O.c1cscn1. The van der Waals surface area contributed by atoms with Gasteiger partial charge in [0.05, 0.1) is 5.51 Å². The van der Waals surface area contributed by atoms with Crippen molar-refractivity contribution in [2.24, 2.45) is 0 Å². The maximum atomic E-state index is 8.74. The molecule has 0 atom stereocenters. The predicted molar refractivity (Wildman–Crippen MR) is 45.9 cm³/mol. The first-order valence-corrected chi connectivity index (χ1v) is 4.22. The van der Waals surface area contributed by atoms with Crippen LogP contribution in [0.25, 0.3) is 0 Å². The summed E-state index contributed by atoms with van der Waals surface area (Å²) in [7, 11) is -3.13. The van der Waals surface area contributed by atoms with Crippen LogP contribution < -0.4 is 0 Å². The summed E-state index contributed by atoms with van der Waals surface area (Å²) in [5.41, 5.74) is 1.79. The summed E-state index contributed by atoms with van der Waals surface area (Å²) in [5.74, 6) is 0. The Labute approximate surface area is 73.3 Å². The van der Waals surface area contributed by atoms with Crippen LogP contribution in [0.4, 0.5) is 0 Å². The van der Waals surface area contributed by atoms with Crippen LogP contribution in [0, 0.1) is 0 Å². The molecule has 1 rings (SSSR count). The molecule has 60 valence electrons. The van der Waals surface area contributed by atoms with Crippen molar-refractivity contribution in [3.63, 3.8) is 0 Å². The van der Waals surface area contributed by atoms with Gasteiger partial charge in [-0.1, -0.05) is 0 Å². The molecule has 7 heteroatoms. The van der Waals surface area contributed by atoms with E-state index in [9.17, 15) is 0 Å². The highest BCUT2D eigenvalue weighted by Crippen LogP contribution is 1.98. The average Bonchev–Trinajstić information content (AvgIpc) is 2.11. The van der Waals surface area contributed by atoms with E-state index in [2.05, 4.69) is 4.98 Å². The largest absolute Gasteiger partial charge is 0.326 e. The smallest absolute Gasteiger partial charge is 0.314 e. The zero-order valence-electron chi connectivity index (χ0n) is 4.80. The Morgan fingerprint density at radius 2 is 2.00 bits per heavy atom. The molecule has 1 aromatic rings. The van der Waals surface area contributed by atoms with Crippen molar-refractivity contribution in [2.45, 2.75) is 0 Å². The number of thiazole rings is 1. The third-order valence-electron chi connectivity index (χ3n) is 0.347. The van der Waals surface area contributed by atoms with Gasteiger partial charge in [-0.15, -0.1) is 28.3 Å². The molecular weight excluding hydrogens is 241 g/mol. The highest BCUT2D eigenvalue weighted by Gasteiger charge is 1.61. The van der Waals surface area contributed by atoms with E-state index in [0.29, 0.717) is 0 Å². The normalized spacial score (nSPS) is 7.50. The molecule has 0 aliphatic carbocycles. The number of hydrogen-bond acceptors (Lipinski definition) is 3. The molecule has 0 saturated carbocycles. The number of halogens is 1. The molecule has 10 heavy (non-hydrogen) atoms. The van der Waals surface area contributed by atoms with Crippen molar-refractivity contribution in [2.75, 3.05) is 0 Å². The predicted octanol–water partition coefficient (Wildman–Crippen LogP) is 1.08. The fraction of sp³-hybridized carbons (Fsp3) is 0. The lowest BCUT2D eigenvalue weighted by Gasteiger charge is -1.61. The molecule has 1 heterocycles. The molecule has 0 unspecified atom stereocenters. The Hall–Kier alpha value is 0.260. The maximum absolute atomic E-state index is 8.74. The van der Waals surface area contributed by atoms with Crippen LogP contribution >= 0.6 is 36.6 Å². The minimum Gasteiger partial charge on any atom is -0.326 e. The zero-order chi connectivity index (χ0) is 7.11. The van der Waals surface area contributed by atoms with E-state index >= 15 is 0 Å². The first-order chi connectivity index (χ1) is 4.23.